The van der Waals surface area contributed by atoms with Gasteiger partial charge in [0.2, 0.25) is 0 Å². The van der Waals surface area contributed by atoms with Crippen LogP contribution in [0.4, 0.5) is 4.39 Å². The fraction of sp³-hybridized carbons (Fsp3) is 0.500. The molecule has 0 bridgehead atoms. The molecule has 1 aromatic rings. The Hall–Kier alpha value is -0.490. The number of methoxy groups -OCH3 is 2. The van der Waals surface area contributed by atoms with Crippen molar-refractivity contribution < 1.29 is 19.0 Å². The highest BCUT2D eigenvalue weighted by molar-refractivity contribution is 9.10. The van der Waals surface area contributed by atoms with Gasteiger partial charge in [0.25, 0.3) is 0 Å². The van der Waals surface area contributed by atoms with Gasteiger partial charge in [0.1, 0.15) is 5.82 Å². The van der Waals surface area contributed by atoms with Crippen molar-refractivity contribution in [1.82, 2.24) is 0 Å². The van der Waals surface area contributed by atoms with Crippen molar-refractivity contribution in [2.45, 2.75) is 25.2 Å². The molecule has 0 spiro atoms. The molecule has 0 saturated carbocycles. The Morgan fingerprint density at radius 2 is 2.00 bits per heavy atom. The maximum atomic E-state index is 13.7. The average Bonchev–Trinajstić information content (AvgIpc) is 2.29. The zero-order chi connectivity index (χ0) is 13.1. The van der Waals surface area contributed by atoms with E-state index in [4.69, 9.17) is 9.47 Å². The Kier molecular flexibility index (Phi) is 5.06. The van der Waals surface area contributed by atoms with Crippen LogP contribution in [0.25, 0.3) is 0 Å². The summed E-state index contributed by atoms with van der Waals surface area (Å²) in [5, 5.41) is 10.3. The molecule has 0 aliphatic carbocycles. The van der Waals surface area contributed by atoms with Gasteiger partial charge in [0, 0.05) is 30.7 Å². The molecule has 0 aliphatic rings. The summed E-state index contributed by atoms with van der Waals surface area (Å²) in [5.41, 5.74) is -1.14. The Balaban J connectivity index is 2.99. The molecule has 1 atom stereocenters. The van der Waals surface area contributed by atoms with E-state index in [1.165, 1.54) is 27.2 Å². The summed E-state index contributed by atoms with van der Waals surface area (Å²) >= 11 is 3.25. The molecule has 0 saturated heterocycles. The summed E-state index contributed by atoms with van der Waals surface area (Å²) < 4.78 is 24.4. The molecule has 17 heavy (non-hydrogen) atoms. The molecule has 1 unspecified atom stereocenters. The van der Waals surface area contributed by atoms with Gasteiger partial charge < -0.3 is 14.6 Å². The number of hydrogen-bond acceptors (Lipinski definition) is 3. The van der Waals surface area contributed by atoms with Crippen molar-refractivity contribution in [3.63, 3.8) is 0 Å². The van der Waals surface area contributed by atoms with E-state index in [1.54, 1.807) is 12.1 Å². The summed E-state index contributed by atoms with van der Waals surface area (Å²) in [6.07, 6.45) is -0.434. The molecule has 0 aliphatic heterocycles. The van der Waals surface area contributed by atoms with Gasteiger partial charge in [0.15, 0.2) is 6.29 Å². The molecule has 1 rings (SSSR count). The quantitative estimate of drug-likeness (QED) is 0.850. The molecular formula is C12H16BrFO3. The van der Waals surface area contributed by atoms with Gasteiger partial charge in [-0.15, -0.1) is 0 Å². The normalized spacial score (nSPS) is 15.0. The predicted molar refractivity (Wildman–Crippen MR) is 66.1 cm³/mol. The molecule has 3 nitrogen and oxygen atoms in total. The summed E-state index contributed by atoms with van der Waals surface area (Å²) in [5.74, 6) is -0.454. The average molecular weight is 307 g/mol. The lowest BCUT2D eigenvalue weighted by Crippen LogP contribution is -2.30. The number of hydrogen-bond donors (Lipinski definition) is 1. The second-order valence-electron chi connectivity index (χ2n) is 4.00. The molecular weight excluding hydrogens is 291 g/mol. The second-order valence-corrected chi connectivity index (χ2v) is 4.92. The molecule has 0 heterocycles. The highest BCUT2D eigenvalue weighted by atomic mass is 79.9. The third-order valence-corrected chi connectivity index (χ3v) is 3.09. The first kappa shape index (κ1) is 14.6. The van der Waals surface area contributed by atoms with E-state index in [0.29, 0.717) is 4.47 Å². The Labute approximate surface area is 109 Å². The van der Waals surface area contributed by atoms with E-state index in [-0.39, 0.29) is 12.0 Å². The van der Waals surface area contributed by atoms with Gasteiger partial charge in [-0.1, -0.05) is 15.9 Å². The SMILES string of the molecule is COC(CC(C)(O)c1cc(Br)ccc1F)OC. The first-order valence-electron chi connectivity index (χ1n) is 5.14. The van der Waals surface area contributed by atoms with Crippen molar-refractivity contribution in [3.05, 3.63) is 34.1 Å². The van der Waals surface area contributed by atoms with Gasteiger partial charge in [-0.2, -0.15) is 0 Å². The van der Waals surface area contributed by atoms with Crippen molar-refractivity contribution in [2.24, 2.45) is 0 Å². The molecule has 1 N–H and O–H groups in total. The van der Waals surface area contributed by atoms with Gasteiger partial charge in [-0.3, -0.25) is 0 Å². The van der Waals surface area contributed by atoms with E-state index < -0.39 is 17.7 Å². The largest absolute Gasteiger partial charge is 0.385 e. The monoisotopic (exact) mass is 306 g/mol. The lowest BCUT2D eigenvalue weighted by atomic mass is 9.92. The van der Waals surface area contributed by atoms with Crippen LogP contribution in [0.1, 0.15) is 18.9 Å². The number of benzene rings is 1. The van der Waals surface area contributed by atoms with Crippen LogP contribution in [0.15, 0.2) is 22.7 Å². The summed E-state index contributed by atoms with van der Waals surface area (Å²) in [7, 11) is 2.95. The van der Waals surface area contributed by atoms with Crippen LogP contribution in [-0.4, -0.2) is 25.6 Å². The Morgan fingerprint density at radius 3 is 2.53 bits per heavy atom. The fourth-order valence-electron chi connectivity index (χ4n) is 1.61. The standard InChI is InChI=1S/C12H16BrFO3/c1-12(15,7-11(16-2)17-3)9-6-8(13)4-5-10(9)14/h4-6,11,15H,7H2,1-3H3. The van der Waals surface area contributed by atoms with E-state index in [1.807, 2.05) is 0 Å². The van der Waals surface area contributed by atoms with Crippen LogP contribution < -0.4 is 0 Å². The van der Waals surface area contributed by atoms with Crippen molar-refractivity contribution in [2.75, 3.05) is 14.2 Å². The van der Waals surface area contributed by atoms with E-state index >= 15 is 0 Å². The topological polar surface area (TPSA) is 38.7 Å². The highest BCUT2D eigenvalue weighted by Gasteiger charge is 2.30. The zero-order valence-electron chi connectivity index (χ0n) is 10.0. The summed E-state index contributed by atoms with van der Waals surface area (Å²) in [6.45, 7) is 1.53. The minimum Gasteiger partial charge on any atom is -0.385 e. The van der Waals surface area contributed by atoms with Crippen LogP contribution in [-0.2, 0) is 15.1 Å². The molecule has 1 aromatic carbocycles. The number of halogens is 2. The van der Waals surface area contributed by atoms with E-state index in [9.17, 15) is 9.50 Å². The van der Waals surface area contributed by atoms with Crippen molar-refractivity contribution in [1.29, 1.82) is 0 Å². The molecule has 0 fully saturated rings. The first-order chi connectivity index (χ1) is 7.90. The third kappa shape index (κ3) is 3.74. The minimum absolute atomic E-state index is 0.146. The summed E-state index contributed by atoms with van der Waals surface area (Å²) in [6, 6.07) is 4.44. The Morgan fingerprint density at radius 1 is 1.41 bits per heavy atom. The van der Waals surface area contributed by atoms with Gasteiger partial charge in [-0.05, 0) is 25.1 Å². The third-order valence-electron chi connectivity index (χ3n) is 2.60. The maximum absolute atomic E-state index is 13.7. The first-order valence-corrected chi connectivity index (χ1v) is 5.93. The number of aliphatic hydroxyl groups is 1. The van der Waals surface area contributed by atoms with Gasteiger partial charge in [-0.25, -0.2) is 4.39 Å². The predicted octanol–water partition coefficient (Wildman–Crippen LogP) is 2.80. The van der Waals surface area contributed by atoms with Crippen LogP contribution in [0.3, 0.4) is 0 Å². The van der Waals surface area contributed by atoms with Crippen LogP contribution in [0.5, 0.6) is 0 Å². The van der Waals surface area contributed by atoms with E-state index in [2.05, 4.69) is 15.9 Å². The smallest absolute Gasteiger partial charge is 0.159 e. The fourth-order valence-corrected chi connectivity index (χ4v) is 1.97. The lowest BCUT2D eigenvalue weighted by Gasteiger charge is -2.28. The van der Waals surface area contributed by atoms with Crippen LogP contribution in [0, 0.1) is 5.82 Å². The van der Waals surface area contributed by atoms with Crippen LogP contribution in [0.2, 0.25) is 0 Å². The van der Waals surface area contributed by atoms with Crippen molar-refractivity contribution in [3.8, 4) is 0 Å². The number of rotatable bonds is 5. The summed E-state index contributed by atoms with van der Waals surface area (Å²) in [4.78, 5) is 0. The maximum Gasteiger partial charge on any atom is 0.159 e. The second kappa shape index (κ2) is 5.91. The molecule has 96 valence electrons. The molecule has 0 aromatic heterocycles. The molecule has 0 amide bonds. The molecule has 5 heteroatoms. The van der Waals surface area contributed by atoms with Crippen molar-refractivity contribution >= 4 is 15.9 Å². The van der Waals surface area contributed by atoms with Gasteiger partial charge >= 0.3 is 0 Å². The van der Waals surface area contributed by atoms with Gasteiger partial charge in [0.05, 0.1) is 5.60 Å². The lowest BCUT2D eigenvalue weighted by molar-refractivity contribution is -0.142. The highest BCUT2D eigenvalue weighted by Crippen LogP contribution is 2.31. The zero-order valence-corrected chi connectivity index (χ0v) is 11.6. The van der Waals surface area contributed by atoms with Crippen LogP contribution >= 0.6 is 15.9 Å². The number of ether oxygens (including phenoxy) is 2. The van der Waals surface area contributed by atoms with E-state index in [0.717, 1.165) is 0 Å². The Bertz CT molecular complexity index is 378. The minimum atomic E-state index is -1.36. The molecule has 0 radical (unpaired) electrons.